The molecule has 6 heteroatoms. The van der Waals surface area contributed by atoms with E-state index in [-0.39, 0.29) is 11.8 Å². The Hall–Kier alpha value is -2.24. The molecule has 2 heterocycles. The van der Waals surface area contributed by atoms with E-state index in [2.05, 4.69) is 40.3 Å². The van der Waals surface area contributed by atoms with Gasteiger partial charge in [-0.25, -0.2) is 5.43 Å². The minimum Gasteiger partial charge on any atom is -0.299 e. The number of nitrogens with zero attached hydrogens (tertiary/aromatic N) is 3. The van der Waals surface area contributed by atoms with Gasteiger partial charge in [-0.05, 0) is 55.6 Å². The average molecular weight is 399 g/mol. The molecule has 1 fully saturated rings. The summed E-state index contributed by atoms with van der Waals surface area (Å²) in [6, 6.07) is 13.3. The molecule has 2 aromatic rings. The summed E-state index contributed by atoms with van der Waals surface area (Å²) in [5.41, 5.74) is 5.30. The Morgan fingerprint density at radius 2 is 1.93 bits per heavy atom. The number of nitrogens with one attached hydrogen (secondary N) is 1. The Bertz CT molecular complexity index is 814. The molecule has 1 aliphatic heterocycles. The largest absolute Gasteiger partial charge is 0.299 e. The first-order chi connectivity index (χ1) is 13.5. The van der Waals surface area contributed by atoms with Gasteiger partial charge in [-0.2, -0.15) is 5.10 Å². The number of hydrazone groups is 1. The lowest BCUT2D eigenvalue weighted by atomic mass is 9.86. The van der Waals surface area contributed by atoms with Crippen LogP contribution in [0.15, 0.2) is 53.8 Å². The lowest BCUT2D eigenvalue weighted by Gasteiger charge is -2.33. The highest BCUT2D eigenvalue weighted by molar-refractivity contribution is 6.31. The van der Waals surface area contributed by atoms with Gasteiger partial charge in [0.2, 0.25) is 0 Å². The molecule has 148 valence electrons. The lowest BCUT2D eigenvalue weighted by molar-refractivity contribution is 0.0949. The number of carbonyl (C=O) groups is 1. The van der Waals surface area contributed by atoms with Crippen molar-refractivity contribution < 1.29 is 4.79 Å². The van der Waals surface area contributed by atoms with Crippen LogP contribution in [0.3, 0.4) is 0 Å². The number of piperidine rings is 1. The van der Waals surface area contributed by atoms with Crippen LogP contribution < -0.4 is 5.43 Å². The molecule has 0 unspecified atom stereocenters. The number of pyridine rings is 1. The smallest absolute Gasteiger partial charge is 0.289 e. The number of hydrogen-bond acceptors (Lipinski definition) is 4. The second-order valence-electron chi connectivity index (χ2n) is 7.49. The molecule has 1 aromatic heterocycles. The summed E-state index contributed by atoms with van der Waals surface area (Å²) in [4.78, 5) is 18.7. The molecule has 1 N–H and O–H groups in total. The predicted octanol–water partition coefficient (Wildman–Crippen LogP) is 4.39. The van der Waals surface area contributed by atoms with E-state index in [1.165, 1.54) is 5.56 Å². The Morgan fingerprint density at radius 3 is 2.57 bits per heavy atom. The standard InChI is InChI=1S/C22H27ClN4O/c1-16(2)21(25-26-22(28)20-9-5-6-12-24-20)17-10-13-27(14-11-17)15-18-7-3-4-8-19(18)23/h3-9,12,16-17H,10-11,13-15H2,1-2H3,(H,26,28)/b25-21+. The van der Waals surface area contributed by atoms with Gasteiger partial charge in [-0.3, -0.25) is 14.7 Å². The molecule has 0 spiro atoms. The molecular formula is C22H27ClN4O. The molecule has 0 atom stereocenters. The Kier molecular flexibility index (Phi) is 7.18. The zero-order valence-electron chi connectivity index (χ0n) is 16.4. The lowest BCUT2D eigenvalue weighted by Crippen LogP contribution is -2.38. The Labute approximate surface area is 171 Å². The molecule has 1 aliphatic rings. The van der Waals surface area contributed by atoms with Gasteiger partial charge in [0.1, 0.15) is 5.69 Å². The number of likely N-dealkylation sites (tertiary alicyclic amines) is 1. The van der Waals surface area contributed by atoms with Gasteiger partial charge in [0.05, 0.1) is 0 Å². The van der Waals surface area contributed by atoms with E-state index in [4.69, 9.17) is 11.6 Å². The summed E-state index contributed by atoms with van der Waals surface area (Å²) in [5.74, 6) is 0.394. The molecule has 28 heavy (non-hydrogen) atoms. The first-order valence-corrected chi connectivity index (χ1v) is 10.2. The SMILES string of the molecule is CC(C)/C(=N\NC(=O)c1ccccn1)C1CCN(Cc2ccccc2Cl)CC1. The van der Waals surface area contributed by atoms with Crippen molar-refractivity contribution in [3.05, 3.63) is 64.9 Å². The number of rotatable bonds is 6. The molecule has 0 bridgehead atoms. The van der Waals surface area contributed by atoms with E-state index in [0.29, 0.717) is 11.6 Å². The monoisotopic (exact) mass is 398 g/mol. The van der Waals surface area contributed by atoms with Crippen LogP contribution in [-0.2, 0) is 6.54 Å². The zero-order chi connectivity index (χ0) is 19.9. The van der Waals surface area contributed by atoms with Crippen molar-refractivity contribution in [3.8, 4) is 0 Å². The third kappa shape index (κ3) is 5.40. The topological polar surface area (TPSA) is 57.6 Å². The number of aromatic nitrogens is 1. The molecular weight excluding hydrogens is 372 g/mol. The molecule has 0 aliphatic carbocycles. The number of carbonyl (C=O) groups excluding carboxylic acids is 1. The van der Waals surface area contributed by atoms with Crippen molar-refractivity contribution in [2.75, 3.05) is 13.1 Å². The van der Waals surface area contributed by atoms with Crippen LogP contribution in [-0.4, -0.2) is 34.6 Å². The van der Waals surface area contributed by atoms with Gasteiger partial charge in [-0.15, -0.1) is 0 Å². The van der Waals surface area contributed by atoms with Gasteiger partial charge in [-0.1, -0.05) is 49.7 Å². The van der Waals surface area contributed by atoms with Crippen molar-refractivity contribution >= 4 is 23.2 Å². The highest BCUT2D eigenvalue weighted by Gasteiger charge is 2.25. The van der Waals surface area contributed by atoms with Gasteiger partial charge >= 0.3 is 0 Å². The van der Waals surface area contributed by atoms with Crippen molar-refractivity contribution in [2.45, 2.75) is 33.2 Å². The van der Waals surface area contributed by atoms with Crippen molar-refractivity contribution in [1.29, 1.82) is 0 Å². The molecule has 5 nitrogen and oxygen atoms in total. The normalized spacial score (nSPS) is 16.4. The third-order valence-electron chi connectivity index (χ3n) is 5.13. The molecule has 3 rings (SSSR count). The number of halogens is 1. The van der Waals surface area contributed by atoms with Crippen LogP contribution in [0.4, 0.5) is 0 Å². The summed E-state index contributed by atoms with van der Waals surface area (Å²) >= 11 is 6.29. The van der Waals surface area contributed by atoms with Crippen LogP contribution in [0.2, 0.25) is 5.02 Å². The van der Waals surface area contributed by atoms with E-state index in [1.54, 1.807) is 24.4 Å². The summed E-state index contributed by atoms with van der Waals surface area (Å²) in [7, 11) is 0. The first kappa shape index (κ1) is 20.5. The minimum absolute atomic E-state index is 0.269. The number of benzene rings is 1. The number of amides is 1. The summed E-state index contributed by atoms with van der Waals surface area (Å²) in [6.45, 7) is 7.12. The van der Waals surface area contributed by atoms with E-state index >= 15 is 0 Å². The third-order valence-corrected chi connectivity index (χ3v) is 5.50. The van der Waals surface area contributed by atoms with Gasteiger partial charge < -0.3 is 0 Å². The van der Waals surface area contributed by atoms with Crippen molar-refractivity contribution in [2.24, 2.45) is 16.9 Å². The van der Waals surface area contributed by atoms with Crippen LogP contribution in [0.1, 0.15) is 42.7 Å². The maximum atomic E-state index is 12.2. The van der Waals surface area contributed by atoms with Crippen LogP contribution in [0, 0.1) is 11.8 Å². The quantitative estimate of drug-likeness (QED) is 0.580. The Balaban J connectivity index is 1.58. The molecule has 1 saturated heterocycles. The predicted molar refractivity (Wildman–Crippen MR) is 113 cm³/mol. The summed E-state index contributed by atoms with van der Waals surface area (Å²) in [5, 5.41) is 5.31. The Morgan fingerprint density at radius 1 is 1.21 bits per heavy atom. The van der Waals surface area contributed by atoms with Crippen LogP contribution >= 0.6 is 11.6 Å². The highest BCUT2D eigenvalue weighted by Crippen LogP contribution is 2.25. The fraction of sp³-hybridized carbons (Fsp3) is 0.409. The molecule has 0 saturated carbocycles. The van der Waals surface area contributed by atoms with Crippen molar-refractivity contribution in [3.63, 3.8) is 0 Å². The second-order valence-corrected chi connectivity index (χ2v) is 7.90. The van der Waals surface area contributed by atoms with Crippen LogP contribution in [0.5, 0.6) is 0 Å². The molecule has 1 amide bonds. The average Bonchev–Trinajstić information content (AvgIpc) is 2.71. The van der Waals surface area contributed by atoms with Crippen molar-refractivity contribution in [1.82, 2.24) is 15.3 Å². The zero-order valence-corrected chi connectivity index (χ0v) is 17.2. The van der Waals surface area contributed by atoms with E-state index in [1.807, 2.05) is 18.2 Å². The minimum atomic E-state index is -0.269. The highest BCUT2D eigenvalue weighted by atomic mass is 35.5. The summed E-state index contributed by atoms with van der Waals surface area (Å²) < 4.78 is 0. The van der Waals surface area contributed by atoms with E-state index < -0.39 is 0 Å². The molecule has 1 aromatic carbocycles. The van der Waals surface area contributed by atoms with Gasteiger partial charge in [0.25, 0.3) is 5.91 Å². The first-order valence-electron chi connectivity index (χ1n) is 9.79. The van der Waals surface area contributed by atoms with Gasteiger partial charge in [0, 0.05) is 29.4 Å². The number of hydrogen-bond donors (Lipinski definition) is 1. The fourth-order valence-corrected chi connectivity index (χ4v) is 3.81. The van der Waals surface area contributed by atoms with Gasteiger partial charge in [0.15, 0.2) is 0 Å². The summed E-state index contributed by atoms with van der Waals surface area (Å²) in [6.07, 6.45) is 3.67. The van der Waals surface area contributed by atoms with E-state index in [0.717, 1.165) is 43.2 Å². The fourth-order valence-electron chi connectivity index (χ4n) is 3.62. The molecule has 0 radical (unpaired) electrons. The van der Waals surface area contributed by atoms with Crippen LogP contribution in [0.25, 0.3) is 0 Å². The maximum absolute atomic E-state index is 12.2. The maximum Gasteiger partial charge on any atom is 0.289 e. The second kappa shape index (κ2) is 9.80. The van der Waals surface area contributed by atoms with E-state index in [9.17, 15) is 4.79 Å².